The van der Waals surface area contributed by atoms with Crippen LogP contribution in [0, 0.1) is 5.82 Å². The molecule has 2 aromatic rings. The van der Waals surface area contributed by atoms with Crippen LogP contribution in [0.25, 0.3) is 0 Å². The first-order chi connectivity index (χ1) is 13.2. The Morgan fingerprint density at radius 2 is 1.82 bits per heavy atom. The predicted octanol–water partition coefficient (Wildman–Crippen LogP) is 2.03. The van der Waals surface area contributed by atoms with Crippen molar-refractivity contribution in [3.63, 3.8) is 0 Å². The number of ether oxygens (including phenoxy) is 1. The molecule has 0 bridgehead atoms. The van der Waals surface area contributed by atoms with Crippen molar-refractivity contribution in [3.05, 3.63) is 54.3 Å². The summed E-state index contributed by atoms with van der Waals surface area (Å²) in [6.45, 7) is 0.712. The molecule has 0 aliphatic carbocycles. The molecule has 0 fully saturated rings. The van der Waals surface area contributed by atoms with Gasteiger partial charge < -0.3 is 10.1 Å². The van der Waals surface area contributed by atoms with Gasteiger partial charge in [-0.25, -0.2) is 17.1 Å². The molecular weight excluding hydrogens is 385 g/mol. The highest BCUT2D eigenvalue weighted by molar-refractivity contribution is 7.89. The molecule has 0 aliphatic heterocycles. The fraction of sp³-hybridized carbons (Fsp3) is 0.316. The molecule has 0 saturated carbocycles. The highest BCUT2D eigenvalue weighted by atomic mass is 32.2. The number of sulfonamides is 1. The Hall–Kier alpha value is -2.49. The lowest BCUT2D eigenvalue weighted by Gasteiger charge is -2.17. The second-order valence-electron chi connectivity index (χ2n) is 6.38. The van der Waals surface area contributed by atoms with Crippen LogP contribution >= 0.6 is 0 Å². The second kappa shape index (κ2) is 9.63. The van der Waals surface area contributed by atoms with E-state index in [1.807, 2.05) is 0 Å². The Bertz CT molecular complexity index is 919. The van der Waals surface area contributed by atoms with E-state index in [1.54, 1.807) is 36.2 Å². The number of halogens is 1. The van der Waals surface area contributed by atoms with Crippen LogP contribution in [-0.2, 0) is 14.8 Å². The van der Waals surface area contributed by atoms with E-state index in [0.29, 0.717) is 12.2 Å². The molecule has 0 aliphatic rings. The average Bonchev–Trinajstić information content (AvgIpc) is 2.63. The lowest BCUT2D eigenvalue weighted by Crippen LogP contribution is -2.33. The van der Waals surface area contributed by atoms with Crippen molar-refractivity contribution in [2.75, 3.05) is 46.2 Å². The first-order valence-corrected chi connectivity index (χ1v) is 10.0. The van der Waals surface area contributed by atoms with Gasteiger partial charge in [0.05, 0.1) is 11.4 Å². The quantitative estimate of drug-likeness (QED) is 0.686. The van der Waals surface area contributed by atoms with Crippen molar-refractivity contribution in [3.8, 4) is 5.75 Å². The minimum Gasteiger partial charge on any atom is -0.489 e. The van der Waals surface area contributed by atoms with Crippen LogP contribution < -0.4 is 10.1 Å². The van der Waals surface area contributed by atoms with E-state index in [9.17, 15) is 17.6 Å². The number of benzene rings is 2. The molecule has 1 N–H and O–H groups in total. The maximum absolute atomic E-state index is 13.5. The van der Waals surface area contributed by atoms with E-state index in [-0.39, 0.29) is 29.7 Å². The zero-order valence-corrected chi connectivity index (χ0v) is 16.9. The smallest absolute Gasteiger partial charge is 0.242 e. The Morgan fingerprint density at radius 3 is 2.50 bits per heavy atom. The summed E-state index contributed by atoms with van der Waals surface area (Å²) in [6.07, 6.45) is 0. The first kappa shape index (κ1) is 21.8. The van der Waals surface area contributed by atoms with Crippen molar-refractivity contribution < 1.29 is 22.3 Å². The topological polar surface area (TPSA) is 79.0 Å². The molecule has 2 aromatic carbocycles. The third-order valence-corrected chi connectivity index (χ3v) is 5.69. The summed E-state index contributed by atoms with van der Waals surface area (Å²) in [7, 11) is 1.04. The van der Waals surface area contributed by atoms with Crippen molar-refractivity contribution in [2.24, 2.45) is 0 Å². The second-order valence-corrected chi connectivity index (χ2v) is 8.53. The van der Waals surface area contributed by atoms with Gasteiger partial charge in [0.1, 0.15) is 6.61 Å². The summed E-state index contributed by atoms with van der Waals surface area (Å²) in [5.74, 6) is -0.567. The van der Waals surface area contributed by atoms with Crippen LogP contribution in [0.3, 0.4) is 0 Å². The molecule has 0 atom stereocenters. The normalized spacial score (nSPS) is 11.6. The number of nitrogens with one attached hydrogen (secondary N) is 1. The Kier molecular flexibility index (Phi) is 7.50. The fourth-order valence-corrected chi connectivity index (χ4v) is 3.29. The van der Waals surface area contributed by atoms with Gasteiger partial charge in [-0.2, -0.15) is 0 Å². The SMILES string of the molecule is CN(CCOc1ccccc1F)CC(=O)Nc1cccc(S(=O)(=O)N(C)C)c1. The number of likely N-dealkylation sites (N-methyl/N-ethyl adjacent to an activating group) is 1. The number of carbonyl (C=O) groups excluding carboxylic acids is 1. The van der Waals surface area contributed by atoms with Gasteiger partial charge in [-0.15, -0.1) is 0 Å². The molecular formula is C19H24FN3O4S. The van der Waals surface area contributed by atoms with Crippen LogP contribution in [-0.4, -0.2) is 64.4 Å². The minimum absolute atomic E-state index is 0.0747. The van der Waals surface area contributed by atoms with Crippen molar-refractivity contribution in [1.82, 2.24) is 9.21 Å². The third-order valence-electron chi connectivity index (χ3n) is 3.88. The summed E-state index contributed by atoms with van der Waals surface area (Å²) >= 11 is 0. The fourth-order valence-electron chi connectivity index (χ4n) is 2.34. The first-order valence-electron chi connectivity index (χ1n) is 8.58. The number of rotatable bonds is 9. The molecule has 152 valence electrons. The van der Waals surface area contributed by atoms with Gasteiger partial charge in [-0.1, -0.05) is 18.2 Å². The van der Waals surface area contributed by atoms with Crippen LogP contribution in [0.5, 0.6) is 5.75 Å². The van der Waals surface area contributed by atoms with Crippen molar-refractivity contribution >= 4 is 21.6 Å². The van der Waals surface area contributed by atoms with E-state index >= 15 is 0 Å². The van der Waals surface area contributed by atoms with Gasteiger partial charge in [0.15, 0.2) is 11.6 Å². The van der Waals surface area contributed by atoms with Crippen molar-refractivity contribution in [1.29, 1.82) is 0 Å². The third kappa shape index (κ3) is 6.01. The zero-order chi connectivity index (χ0) is 20.7. The van der Waals surface area contributed by atoms with Gasteiger partial charge >= 0.3 is 0 Å². The van der Waals surface area contributed by atoms with Gasteiger partial charge in [-0.05, 0) is 37.4 Å². The van der Waals surface area contributed by atoms with Gasteiger partial charge in [0, 0.05) is 26.3 Å². The summed E-state index contributed by atoms with van der Waals surface area (Å²) in [6, 6.07) is 12.2. The number of hydrogen-bond donors (Lipinski definition) is 1. The Labute approximate surface area is 164 Å². The van der Waals surface area contributed by atoms with Crippen LogP contribution in [0.4, 0.5) is 10.1 Å². The summed E-state index contributed by atoms with van der Waals surface area (Å²) in [5, 5.41) is 2.68. The summed E-state index contributed by atoms with van der Waals surface area (Å²) in [5.41, 5.74) is 0.393. The Morgan fingerprint density at radius 1 is 1.11 bits per heavy atom. The lowest BCUT2D eigenvalue weighted by atomic mass is 10.3. The van der Waals surface area contributed by atoms with E-state index < -0.39 is 15.8 Å². The van der Waals surface area contributed by atoms with Crippen molar-refractivity contribution in [2.45, 2.75) is 4.90 Å². The number of hydrogen-bond acceptors (Lipinski definition) is 5. The van der Waals surface area contributed by atoms with Gasteiger partial charge in [0.2, 0.25) is 15.9 Å². The average molecular weight is 409 g/mol. The molecule has 0 saturated heterocycles. The van der Waals surface area contributed by atoms with E-state index in [4.69, 9.17) is 4.74 Å². The van der Waals surface area contributed by atoms with E-state index in [0.717, 1.165) is 4.31 Å². The largest absolute Gasteiger partial charge is 0.489 e. The summed E-state index contributed by atoms with van der Waals surface area (Å²) < 4.78 is 44.3. The van der Waals surface area contributed by atoms with E-state index in [1.165, 1.54) is 38.4 Å². The number of nitrogens with zero attached hydrogens (tertiary/aromatic N) is 2. The lowest BCUT2D eigenvalue weighted by molar-refractivity contribution is -0.117. The van der Waals surface area contributed by atoms with Crippen LogP contribution in [0.15, 0.2) is 53.4 Å². The van der Waals surface area contributed by atoms with Gasteiger partial charge in [0.25, 0.3) is 0 Å². The highest BCUT2D eigenvalue weighted by Gasteiger charge is 2.17. The highest BCUT2D eigenvalue weighted by Crippen LogP contribution is 2.18. The molecule has 0 unspecified atom stereocenters. The molecule has 0 spiro atoms. The minimum atomic E-state index is -3.58. The number of amides is 1. The number of anilines is 1. The zero-order valence-electron chi connectivity index (χ0n) is 16.1. The maximum Gasteiger partial charge on any atom is 0.242 e. The molecule has 0 radical (unpaired) electrons. The summed E-state index contributed by atoms with van der Waals surface area (Å²) in [4.78, 5) is 14.0. The molecule has 2 rings (SSSR count). The molecule has 7 nitrogen and oxygen atoms in total. The standard InChI is InChI=1S/C19H24FN3O4S/c1-22(2)28(25,26)16-8-6-7-15(13-16)21-19(24)14-23(3)11-12-27-18-10-5-4-9-17(18)20/h4-10,13H,11-12,14H2,1-3H3,(H,21,24). The molecule has 28 heavy (non-hydrogen) atoms. The number of para-hydroxylation sites is 1. The van der Waals surface area contributed by atoms with Gasteiger partial charge in [-0.3, -0.25) is 9.69 Å². The molecule has 0 heterocycles. The number of carbonyl (C=O) groups is 1. The molecule has 9 heteroatoms. The Balaban J connectivity index is 1.86. The van der Waals surface area contributed by atoms with Crippen LogP contribution in [0.1, 0.15) is 0 Å². The monoisotopic (exact) mass is 409 g/mol. The molecule has 0 aromatic heterocycles. The van der Waals surface area contributed by atoms with Crippen LogP contribution in [0.2, 0.25) is 0 Å². The van der Waals surface area contributed by atoms with E-state index in [2.05, 4.69) is 5.32 Å². The molecule has 1 amide bonds. The predicted molar refractivity (Wildman–Crippen MR) is 105 cm³/mol. The maximum atomic E-state index is 13.5.